The minimum Gasteiger partial charge on any atom is -0.423 e. The number of hydrogen-bond acceptors (Lipinski definition) is 4. The molecular formula is C23H16BrFN2O3. The van der Waals surface area contributed by atoms with Crippen LogP contribution < -0.4 is 10.2 Å². The molecule has 1 amide bonds. The zero-order valence-corrected chi connectivity index (χ0v) is 17.2. The van der Waals surface area contributed by atoms with E-state index in [1.54, 1.807) is 30.3 Å². The number of halogens is 2. The Bertz CT molecular complexity index is 1110. The number of carbonyl (C=O) groups excluding carboxylic acids is 2. The Morgan fingerprint density at radius 2 is 1.73 bits per heavy atom. The molecule has 5 nitrogen and oxygen atoms in total. The maximum Gasteiger partial charge on any atom is 0.336 e. The highest BCUT2D eigenvalue weighted by atomic mass is 79.9. The second-order valence-electron chi connectivity index (χ2n) is 6.03. The van der Waals surface area contributed by atoms with Crippen molar-refractivity contribution >= 4 is 40.1 Å². The van der Waals surface area contributed by atoms with Gasteiger partial charge in [0.1, 0.15) is 11.6 Å². The van der Waals surface area contributed by atoms with Gasteiger partial charge in [0, 0.05) is 16.1 Å². The minimum absolute atomic E-state index is 0.124. The van der Waals surface area contributed by atoms with Gasteiger partial charge in [0.15, 0.2) is 0 Å². The highest BCUT2D eigenvalue weighted by molar-refractivity contribution is 9.10. The minimum atomic E-state index is -0.691. The highest BCUT2D eigenvalue weighted by Crippen LogP contribution is 2.22. The first-order valence-corrected chi connectivity index (χ1v) is 9.64. The lowest BCUT2D eigenvalue weighted by Gasteiger charge is -2.06. The molecule has 0 saturated carbocycles. The molecule has 0 heterocycles. The quantitative estimate of drug-likeness (QED) is 0.183. The van der Waals surface area contributed by atoms with E-state index in [2.05, 4.69) is 26.5 Å². The SMILES string of the molecule is O=C(C=Cc1ccccc1)Oc1ccc(Br)cc1C=NNC(=O)c1ccccc1F. The first-order valence-electron chi connectivity index (χ1n) is 8.85. The van der Waals surface area contributed by atoms with Gasteiger partial charge in [-0.1, -0.05) is 58.4 Å². The summed E-state index contributed by atoms with van der Waals surface area (Å²) in [5.74, 6) is -1.65. The molecule has 0 aliphatic rings. The first-order chi connectivity index (χ1) is 14.5. The largest absolute Gasteiger partial charge is 0.423 e. The number of benzene rings is 3. The lowest BCUT2D eigenvalue weighted by Crippen LogP contribution is -2.19. The molecule has 1 N–H and O–H groups in total. The summed E-state index contributed by atoms with van der Waals surface area (Å²) in [6.45, 7) is 0. The van der Waals surface area contributed by atoms with Gasteiger partial charge in [0.25, 0.3) is 5.91 Å². The van der Waals surface area contributed by atoms with Crippen LogP contribution in [0.25, 0.3) is 6.08 Å². The van der Waals surface area contributed by atoms with Crippen LogP contribution in [0.2, 0.25) is 0 Å². The summed E-state index contributed by atoms with van der Waals surface area (Å²) in [5, 5.41) is 3.84. The third-order valence-electron chi connectivity index (χ3n) is 3.88. The summed E-state index contributed by atoms with van der Waals surface area (Å²) in [5.41, 5.74) is 3.44. The Morgan fingerprint density at radius 3 is 2.50 bits per heavy atom. The fraction of sp³-hybridized carbons (Fsp3) is 0. The summed E-state index contributed by atoms with van der Waals surface area (Å²) < 4.78 is 19.8. The molecule has 0 radical (unpaired) electrons. The maximum atomic E-state index is 13.7. The van der Waals surface area contributed by atoms with Gasteiger partial charge in [-0.25, -0.2) is 14.6 Å². The lowest BCUT2D eigenvalue weighted by molar-refractivity contribution is -0.128. The van der Waals surface area contributed by atoms with Crippen LogP contribution in [0.3, 0.4) is 0 Å². The van der Waals surface area contributed by atoms with E-state index in [-0.39, 0.29) is 11.3 Å². The van der Waals surface area contributed by atoms with E-state index in [1.165, 1.54) is 30.5 Å². The van der Waals surface area contributed by atoms with Crippen molar-refractivity contribution in [2.45, 2.75) is 0 Å². The van der Waals surface area contributed by atoms with E-state index < -0.39 is 17.7 Å². The van der Waals surface area contributed by atoms with Crippen molar-refractivity contribution in [3.8, 4) is 5.75 Å². The van der Waals surface area contributed by atoms with E-state index in [9.17, 15) is 14.0 Å². The van der Waals surface area contributed by atoms with Crippen LogP contribution in [0.1, 0.15) is 21.5 Å². The summed E-state index contributed by atoms with van der Waals surface area (Å²) in [6.07, 6.45) is 4.27. The number of carbonyl (C=O) groups is 2. The average molecular weight is 467 g/mol. The van der Waals surface area contributed by atoms with Gasteiger partial charge in [0.2, 0.25) is 0 Å². The van der Waals surface area contributed by atoms with Crippen LogP contribution in [0, 0.1) is 5.82 Å². The molecule has 150 valence electrons. The second kappa shape index (κ2) is 10.3. The predicted octanol–water partition coefficient (Wildman–Crippen LogP) is 4.97. The smallest absolute Gasteiger partial charge is 0.336 e. The topological polar surface area (TPSA) is 67.8 Å². The molecule has 3 rings (SSSR count). The molecule has 30 heavy (non-hydrogen) atoms. The Kier molecular flexibility index (Phi) is 7.24. The van der Waals surface area contributed by atoms with E-state index in [0.717, 1.165) is 10.0 Å². The summed E-state index contributed by atoms with van der Waals surface area (Å²) >= 11 is 3.34. The number of ether oxygens (including phenoxy) is 1. The summed E-state index contributed by atoms with van der Waals surface area (Å²) in [4.78, 5) is 24.2. The zero-order chi connectivity index (χ0) is 21.3. The molecule has 0 unspecified atom stereocenters. The van der Waals surface area contributed by atoms with Gasteiger partial charge < -0.3 is 4.74 Å². The van der Waals surface area contributed by atoms with E-state index in [0.29, 0.717) is 5.56 Å². The van der Waals surface area contributed by atoms with Crippen molar-refractivity contribution < 1.29 is 18.7 Å². The molecule has 0 bridgehead atoms. The Hall–Kier alpha value is -3.58. The highest BCUT2D eigenvalue weighted by Gasteiger charge is 2.10. The van der Waals surface area contributed by atoms with Crippen LogP contribution in [-0.4, -0.2) is 18.1 Å². The predicted molar refractivity (Wildman–Crippen MR) is 117 cm³/mol. The number of hydrogen-bond donors (Lipinski definition) is 1. The fourth-order valence-electron chi connectivity index (χ4n) is 2.45. The molecule has 0 fully saturated rings. The first kappa shape index (κ1) is 21.1. The second-order valence-corrected chi connectivity index (χ2v) is 6.94. The number of amides is 1. The van der Waals surface area contributed by atoms with Gasteiger partial charge >= 0.3 is 5.97 Å². The standard InChI is InChI=1S/C23H16BrFN2O3/c24-18-11-12-21(30-22(28)13-10-16-6-2-1-3-7-16)17(14-18)15-26-27-23(29)19-8-4-5-9-20(19)25/h1-15H,(H,27,29). The molecule has 0 atom stereocenters. The fourth-order valence-corrected chi connectivity index (χ4v) is 2.83. The number of nitrogens with one attached hydrogen (secondary N) is 1. The van der Waals surface area contributed by atoms with E-state index in [4.69, 9.17) is 4.74 Å². The lowest BCUT2D eigenvalue weighted by atomic mass is 10.2. The Morgan fingerprint density at radius 1 is 1.00 bits per heavy atom. The Balaban J connectivity index is 1.69. The van der Waals surface area contributed by atoms with Crippen LogP contribution in [0.5, 0.6) is 5.75 Å². The number of hydrazone groups is 1. The van der Waals surface area contributed by atoms with Crippen molar-refractivity contribution in [2.24, 2.45) is 5.10 Å². The maximum absolute atomic E-state index is 13.7. The van der Waals surface area contributed by atoms with Crippen LogP contribution in [0.15, 0.2) is 88.4 Å². The summed E-state index contributed by atoms with van der Waals surface area (Å²) in [6, 6.07) is 19.9. The van der Waals surface area contributed by atoms with Gasteiger partial charge in [0.05, 0.1) is 11.8 Å². The molecular weight excluding hydrogens is 451 g/mol. The number of esters is 1. The third kappa shape index (κ3) is 5.96. The van der Waals surface area contributed by atoms with Crippen molar-refractivity contribution in [3.05, 3.63) is 106 Å². The molecule has 0 aliphatic heterocycles. The molecule has 3 aromatic carbocycles. The molecule has 0 aliphatic carbocycles. The van der Waals surface area contributed by atoms with Crippen molar-refractivity contribution in [1.82, 2.24) is 5.43 Å². The van der Waals surface area contributed by atoms with Crippen LogP contribution >= 0.6 is 15.9 Å². The van der Waals surface area contributed by atoms with Gasteiger partial charge in [-0.15, -0.1) is 0 Å². The molecule has 0 spiro atoms. The van der Waals surface area contributed by atoms with Gasteiger partial charge in [-0.2, -0.15) is 5.10 Å². The van der Waals surface area contributed by atoms with E-state index in [1.807, 2.05) is 30.3 Å². The normalized spacial score (nSPS) is 11.0. The summed E-state index contributed by atoms with van der Waals surface area (Å²) in [7, 11) is 0. The van der Waals surface area contributed by atoms with Crippen LogP contribution in [0.4, 0.5) is 4.39 Å². The number of rotatable bonds is 6. The molecule has 7 heteroatoms. The molecule has 0 saturated heterocycles. The third-order valence-corrected chi connectivity index (χ3v) is 4.38. The van der Waals surface area contributed by atoms with Crippen molar-refractivity contribution in [3.63, 3.8) is 0 Å². The molecule has 3 aromatic rings. The average Bonchev–Trinajstić information content (AvgIpc) is 2.75. The van der Waals surface area contributed by atoms with Crippen LogP contribution in [-0.2, 0) is 4.79 Å². The van der Waals surface area contributed by atoms with Crippen molar-refractivity contribution in [1.29, 1.82) is 0 Å². The van der Waals surface area contributed by atoms with Gasteiger partial charge in [-0.05, 0) is 42.0 Å². The van der Waals surface area contributed by atoms with Gasteiger partial charge in [-0.3, -0.25) is 4.79 Å². The number of nitrogens with zero attached hydrogens (tertiary/aromatic N) is 1. The Labute approximate surface area is 181 Å². The van der Waals surface area contributed by atoms with Crippen molar-refractivity contribution in [2.75, 3.05) is 0 Å². The monoisotopic (exact) mass is 466 g/mol. The zero-order valence-electron chi connectivity index (χ0n) is 15.6. The van der Waals surface area contributed by atoms with E-state index >= 15 is 0 Å². The molecule has 0 aromatic heterocycles.